The van der Waals surface area contributed by atoms with Gasteiger partial charge >= 0.3 is 0 Å². The minimum atomic E-state index is 0.456. The molecule has 0 aliphatic rings. The van der Waals surface area contributed by atoms with Crippen molar-refractivity contribution in [1.82, 2.24) is 33.2 Å². The fraction of sp³-hybridized carbons (Fsp3) is 0. The number of aromatic nitrogens is 7. The zero-order valence-corrected chi connectivity index (χ0v) is 46.0. The number of hydrogen-bond donors (Lipinski definition) is 0. The molecule has 0 fully saturated rings. The number of rotatable bonds is 8. The van der Waals surface area contributed by atoms with E-state index in [4.69, 9.17) is 15.0 Å². The van der Waals surface area contributed by atoms with Gasteiger partial charge in [0.15, 0.2) is 17.5 Å². The molecule has 0 aliphatic heterocycles. The number of nitriles is 2. The monoisotopic (exact) mass is 1100 g/mol. The summed E-state index contributed by atoms with van der Waals surface area (Å²) >= 11 is 0. The maximum absolute atomic E-state index is 11.1. The van der Waals surface area contributed by atoms with Crippen molar-refractivity contribution in [3.05, 3.63) is 284 Å². The highest BCUT2D eigenvalue weighted by molar-refractivity contribution is 6.14. The summed E-state index contributed by atoms with van der Waals surface area (Å²) in [5.41, 5.74) is 16.9. The van der Waals surface area contributed by atoms with Gasteiger partial charge in [-0.3, -0.25) is 0 Å². The lowest BCUT2D eigenvalue weighted by Gasteiger charge is -2.16. The average molecular weight is 1100 g/mol. The van der Waals surface area contributed by atoms with Gasteiger partial charge in [-0.25, -0.2) is 15.0 Å². The third kappa shape index (κ3) is 7.46. The summed E-state index contributed by atoms with van der Waals surface area (Å²) in [6, 6.07) is 99.8. The third-order valence-corrected chi connectivity index (χ3v) is 17.1. The van der Waals surface area contributed by atoms with Crippen molar-refractivity contribution in [2.45, 2.75) is 0 Å². The van der Waals surface area contributed by atoms with E-state index in [0.29, 0.717) is 40.0 Å². The molecule has 0 radical (unpaired) electrons. The van der Waals surface area contributed by atoms with E-state index in [-0.39, 0.29) is 0 Å². The minimum Gasteiger partial charge on any atom is -0.309 e. The van der Waals surface area contributed by atoms with Gasteiger partial charge in [-0.15, -0.1) is 0 Å². The fourth-order valence-corrected chi connectivity index (χ4v) is 13.3. The normalized spacial score (nSPS) is 11.7. The van der Waals surface area contributed by atoms with Crippen LogP contribution < -0.4 is 0 Å². The van der Waals surface area contributed by atoms with Crippen molar-refractivity contribution in [3.63, 3.8) is 0 Å². The Morgan fingerprint density at radius 3 is 0.988 bits per heavy atom. The molecule has 0 saturated carbocycles. The van der Waals surface area contributed by atoms with Gasteiger partial charge < -0.3 is 18.3 Å². The van der Waals surface area contributed by atoms with E-state index in [1.807, 2.05) is 103 Å². The van der Waals surface area contributed by atoms with Crippen LogP contribution in [0.15, 0.2) is 273 Å². The summed E-state index contributed by atoms with van der Waals surface area (Å²) in [6.45, 7) is 0. The highest BCUT2D eigenvalue weighted by Crippen LogP contribution is 2.43. The first-order valence-electron chi connectivity index (χ1n) is 28.6. The van der Waals surface area contributed by atoms with Crippen molar-refractivity contribution in [3.8, 4) is 80.2 Å². The smallest absolute Gasteiger partial charge is 0.164 e. The Labute approximate surface area is 492 Å². The molecular formula is C77H45N9. The minimum absolute atomic E-state index is 0.456. The van der Waals surface area contributed by atoms with Crippen molar-refractivity contribution < 1.29 is 0 Å². The van der Waals surface area contributed by atoms with Gasteiger partial charge in [0.05, 0.1) is 66.6 Å². The van der Waals surface area contributed by atoms with Crippen LogP contribution >= 0.6 is 0 Å². The number of para-hydroxylation sites is 6. The van der Waals surface area contributed by atoms with Gasteiger partial charge in [-0.2, -0.15) is 10.5 Å². The maximum atomic E-state index is 11.1. The lowest BCUT2D eigenvalue weighted by Crippen LogP contribution is -2.04. The predicted octanol–water partition coefficient (Wildman–Crippen LogP) is 18.7. The number of benzene rings is 12. The van der Waals surface area contributed by atoms with Crippen LogP contribution in [0.4, 0.5) is 0 Å². The maximum Gasteiger partial charge on any atom is 0.164 e. The summed E-state index contributed by atoms with van der Waals surface area (Å²) in [7, 11) is 0. The molecule has 0 amide bonds. The summed E-state index contributed by atoms with van der Waals surface area (Å²) in [4.78, 5) is 15.6. The summed E-state index contributed by atoms with van der Waals surface area (Å²) in [5, 5.41) is 31.0. The van der Waals surface area contributed by atoms with Crippen LogP contribution in [-0.4, -0.2) is 33.2 Å². The Bertz CT molecular complexity index is 5590. The zero-order valence-electron chi connectivity index (χ0n) is 46.0. The SMILES string of the molecule is N#Cc1cc(-n2c3ccccc3c3ccc(-c4ccc5c(c4)c4ccccc4n5-c4cc(-c5nc(-c6ccccc6)nc(-c6ccccc6)n5)cc(-n5c6ccccc6c6ccccc65)c4)cc32)c(C#N)cc1-n1c2ccccc2c2ccccc21. The standard InChI is InChI=1S/C77H45N9/c78-46-53-44-73(54(47-79)43-72(53)85-68-32-16-9-25-59(68)60-26-10-17-33-69(60)85)86-70-34-18-11-27-61(70)63-37-35-51(42-74(63)86)50-36-38-71-64(41-50)62-28-12-15-31-67(62)84(71)56-40-52(39-55(45-56)83-65-29-13-7-23-57(65)58-24-8-14-30-66(58)83)77-81-75(48-19-3-1-4-20-48)80-76(82-77)49-21-5-2-6-22-49/h1-45H. The average Bonchev–Trinajstić information content (AvgIpc) is 1.90. The van der Waals surface area contributed by atoms with Crippen LogP contribution in [0, 0.1) is 22.7 Å². The van der Waals surface area contributed by atoms with Crippen molar-refractivity contribution >= 4 is 87.2 Å². The quantitative estimate of drug-likeness (QED) is 0.151. The molecule has 9 nitrogen and oxygen atoms in total. The summed E-state index contributed by atoms with van der Waals surface area (Å²) in [6.07, 6.45) is 0. The van der Waals surface area contributed by atoms with Gasteiger partial charge in [-0.1, -0.05) is 188 Å². The van der Waals surface area contributed by atoms with E-state index in [0.717, 1.165) is 116 Å². The molecule has 0 N–H and O–H groups in total. The first kappa shape index (κ1) is 48.5. The number of hydrogen-bond acceptors (Lipinski definition) is 5. The van der Waals surface area contributed by atoms with E-state index >= 15 is 0 Å². The molecule has 9 heteroatoms. The van der Waals surface area contributed by atoms with Crippen LogP contribution in [0.5, 0.6) is 0 Å². The third-order valence-electron chi connectivity index (χ3n) is 17.1. The molecule has 17 rings (SSSR count). The molecule has 5 heterocycles. The van der Waals surface area contributed by atoms with Crippen LogP contribution in [-0.2, 0) is 0 Å². The van der Waals surface area contributed by atoms with Crippen molar-refractivity contribution in [1.29, 1.82) is 10.5 Å². The van der Waals surface area contributed by atoms with Crippen LogP contribution in [0.2, 0.25) is 0 Å². The molecule has 0 spiro atoms. The fourth-order valence-electron chi connectivity index (χ4n) is 13.3. The second kappa shape index (κ2) is 19.2. The van der Waals surface area contributed by atoms with Gasteiger partial charge in [0.2, 0.25) is 0 Å². The molecule has 0 atom stereocenters. The Morgan fingerprint density at radius 1 is 0.233 bits per heavy atom. The Morgan fingerprint density at radius 2 is 0.558 bits per heavy atom. The van der Waals surface area contributed by atoms with Crippen LogP contribution in [0.3, 0.4) is 0 Å². The van der Waals surface area contributed by atoms with E-state index < -0.39 is 0 Å². The van der Waals surface area contributed by atoms with E-state index in [1.54, 1.807) is 0 Å². The Kier molecular flexibility index (Phi) is 10.8. The molecule has 0 aliphatic carbocycles. The first-order chi connectivity index (χ1) is 42.6. The predicted molar refractivity (Wildman–Crippen MR) is 348 cm³/mol. The largest absolute Gasteiger partial charge is 0.309 e. The Balaban J connectivity index is 0.861. The summed E-state index contributed by atoms with van der Waals surface area (Å²) < 4.78 is 9.00. The van der Waals surface area contributed by atoms with Gasteiger partial charge in [0.25, 0.3) is 0 Å². The van der Waals surface area contributed by atoms with E-state index in [2.05, 4.69) is 200 Å². The van der Waals surface area contributed by atoms with Gasteiger partial charge in [-0.05, 0) is 96.1 Å². The molecular weight excluding hydrogens is 1050 g/mol. The van der Waals surface area contributed by atoms with Gasteiger partial charge in [0, 0.05) is 71.2 Å². The van der Waals surface area contributed by atoms with Crippen LogP contribution in [0.25, 0.3) is 155 Å². The van der Waals surface area contributed by atoms with Crippen molar-refractivity contribution in [2.24, 2.45) is 0 Å². The topological polar surface area (TPSA) is 106 Å². The number of fused-ring (bicyclic) bond motifs is 12. The van der Waals surface area contributed by atoms with E-state index in [1.165, 1.54) is 10.8 Å². The molecule has 17 aromatic rings. The van der Waals surface area contributed by atoms with Crippen molar-refractivity contribution in [2.75, 3.05) is 0 Å². The first-order valence-corrected chi connectivity index (χ1v) is 28.6. The zero-order chi connectivity index (χ0) is 57.0. The molecule has 12 aromatic carbocycles. The second-order valence-electron chi connectivity index (χ2n) is 21.8. The lowest BCUT2D eigenvalue weighted by atomic mass is 10.0. The molecule has 0 saturated heterocycles. The molecule has 398 valence electrons. The lowest BCUT2D eigenvalue weighted by molar-refractivity contribution is 1.07. The second-order valence-corrected chi connectivity index (χ2v) is 21.8. The van der Waals surface area contributed by atoms with Gasteiger partial charge in [0.1, 0.15) is 12.1 Å². The molecule has 0 unspecified atom stereocenters. The number of nitrogens with zero attached hydrogens (tertiary/aromatic N) is 9. The molecule has 0 bridgehead atoms. The highest BCUT2D eigenvalue weighted by atomic mass is 15.1. The molecule has 5 aromatic heterocycles. The Hall–Kier alpha value is -12.2. The van der Waals surface area contributed by atoms with Crippen LogP contribution in [0.1, 0.15) is 11.1 Å². The molecule has 86 heavy (non-hydrogen) atoms. The summed E-state index contributed by atoms with van der Waals surface area (Å²) in [5.74, 6) is 1.74. The van der Waals surface area contributed by atoms with E-state index in [9.17, 15) is 10.5 Å². The highest BCUT2D eigenvalue weighted by Gasteiger charge is 2.24.